The molecule has 0 nitrogen and oxygen atoms in total. The molecule has 3 atom stereocenters. The zero-order valence-corrected chi connectivity index (χ0v) is 26.9. The third-order valence-corrected chi connectivity index (χ3v) is 8.41. The van der Waals surface area contributed by atoms with Crippen molar-refractivity contribution in [3.63, 3.8) is 0 Å². The zero-order valence-electron chi connectivity index (χ0n) is 24.7. The Morgan fingerprint density at radius 1 is 0.514 bits per heavy atom. The maximum absolute atomic E-state index is 2.52. The lowest BCUT2D eigenvalue weighted by Gasteiger charge is -2.36. The van der Waals surface area contributed by atoms with E-state index in [-0.39, 0.29) is 16.7 Å². The van der Waals surface area contributed by atoms with Gasteiger partial charge in [-0.2, -0.15) is 0 Å². The molecule has 0 aliphatic heterocycles. The highest BCUT2D eigenvalue weighted by atomic mass is 127. The lowest BCUT2D eigenvalue weighted by atomic mass is 9.69. The Morgan fingerprint density at radius 3 is 1.27 bits per heavy atom. The van der Waals surface area contributed by atoms with E-state index < -0.39 is 0 Å². The minimum Gasteiger partial charge on any atom is -0.0864 e. The van der Waals surface area contributed by atoms with Gasteiger partial charge in [-0.15, -0.1) is 0 Å². The van der Waals surface area contributed by atoms with E-state index >= 15 is 0 Å². The molecule has 0 amide bonds. The van der Waals surface area contributed by atoms with Gasteiger partial charge in [0.05, 0.1) is 0 Å². The molecule has 3 rings (SSSR count). The van der Waals surface area contributed by atoms with Crippen LogP contribution in [0.4, 0.5) is 0 Å². The molecule has 0 radical (unpaired) electrons. The first-order valence-electron chi connectivity index (χ1n) is 14.0. The molecule has 0 aliphatic carbocycles. The van der Waals surface area contributed by atoms with Crippen LogP contribution in [0.5, 0.6) is 0 Å². The summed E-state index contributed by atoms with van der Waals surface area (Å²) in [6, 6.07) is 30.1. The fourth-order valence-electron chi connectivity index (χ4n) is 5.81. The number of hydrogen-bond donors (Lipinski definition) is 0. The Balaban J connectivity index is 2.01. The monoisotopic (exact) mass is 608 g/mol. The third-order valence-electron chi connectivity index (χ3n) is 7.78. The summed E-state index contributed by atoms with van der Waals surface area (Å²) in [6.45, 7) is 21.3. The van der Waals surface area contributed by atoms with Crippen molar-refractivity contribution in [2.75, 3.05) is 4.43 Å². The SMILES string of the molecule is CC(C)(C)CC(c1ccc(C(c2ccccc2)c2ccc(C(CCI)C(C)(C)C)cc2)cc1)C(C)(C)C. The highest BCUT2D eigenvalue weighted by Gasteiger charge is 2.31. The Kier molecular flexibility index (Phi) is 9.76. The first kappa shape index (κ1) is 29.9. The number of halogens is 1. The maximum atomic E-state index is 2.52. The Bertz CT molecular complexity index is 1090. The van der Waals surface area contributed by atoms with Crippen LogP contribution >= 0.6 is 22.6 Å². The summed E-state index contributed by atoms with van der Waals surface area (Å²) in [5.41, 5.74) is 7.80. The predicted molar refractivity (Wildman–Crippen MR) is 172 cm³/mol. The summed E-state index contributed by atoms with van der Waals surface area (Å²) in [4.78, 5) is 0. The Hall–Kier alpha value is -1.61. The van der Waals surface area contributed by atoms with Crippen LogP contribution in [0, 0.1) is 16.2 Å². The van der Waals surface area contributed by atoms with E-state index in [1.54, 1.807) is 0 Å². The van der Waals surface area contributed by atoms with Crippen molar-refractivity contribution in [1.29, 1.82) is 0 Å². The molecule has 0 aliphatic rings. The summed E-state index contributed by atoms with van der Waals surface area (Å²) >= 11 is 2.52. The highest BCUT2D eigenvalue weighted by molar-refractivity contribution is 14.1. The molecule has 3 aromatic carbocycles. The summed E-state index contributed by atoms with van der Waals surface area (Å²) < 4.78 is 1.19. The van der Waals surface area contributed by atoms with Crippen molar-refractivity contribution in [2.24, 2.45) is 16.2 Å². The molecule has 0 saturated carbocycles. The van der Waals surface area contributed by atoms with Crippen molar-refractivity contribution >= 4 is 22.6 Å². The molecule has 0 bridgehead atoms. The molecule has 0 fully saturated rings. The van der Waals surface area contributed by atoms with Gasteiger partial charge in [-0.1, -0.05) is 164 Å². The smallest absolute Gasteiger partial charge is 0.0339 e. The number of hydrogen-bond acceptors (Lipinski definition) is 0. The van der Waals surface area contributed by atoms with E-state index in [1.807, 2.05) is 0 Å². The van der Waals surface area contributed by atoms with Crippen LogP contribution in [0.1, 0.15) is 121 Å². The van der Waals surface area contributed by atoms with E-state index in [2.05, 4.69) is 164 Å². The molecule has 0 saturated heterocycles. The molecule has 1 heteroatoms. The van der Waals surface area contributed by atoms with Gasteiger partial charge in [0.1, 0.15) is 0 Å². The van der Waals surface area contributed by atoms with Crippen LogP contribution in [0.15, 0.2) is 78.9 Å². The van der Waals surface area contributed by atoms with Crippen LogP contribution in [-0.2, 0) is 0 Å². The van der Waals surface area contributed by atoms with Gasteiger partial charge in [-0.3, -0.25) is 0 Å². The molecule has 0 aromatic heterocycles. The zero-order chi connectivity index (χ0) is 27.4. The quantitative estimate of drug-likeness (QED) is 0.136. The standard InChI is InChI=1S/C36H49I/c1-34(2,3)25-32(36(7,8)9)27-17-21-30(22-18-27)33(28-13-11-10-12-14-28)29-19-15-26(16-20-29)31(23-24-37)35(4,5)6/h10-22,31-33H,23-25H2,1-9H3. The van der Waals surface area contributed by atoms with E-state index in [0.29, 0.717) is 17.3 Å². The molecule has 200 valence electrons. The number of rotatable bonds is 8. The second-order valence-corrected chi connectivity index (χ2v) is 15.3. The molecular weight excluding hydrogens is 559 g/mol. The van der Waals surface area contributed by atoms with E-state index in [9.17, 15) is 0 Å². The van der Waals surface area contributed by atoms with Gasteiger partial charge in [-0.05, 0) is 68.7 Å². The van der Waals surface area contributed by atoms with Crippen molar-refractivity contribution in [1.82, 2.24) is 0 Å². The van der Waals surface area contributed by atoms with Gasteiger partial charge >= 0.3 is 0 Å². The minimum atomic E-state index is 0.227. The van der Waals surface area contributed by atoms with Crippen LogP contribution in [0.25, 0.3) is 0 Å². The van der Waals surface area contributed by atoms with Crippen LogP contribution in [0.2, 0.25) is 0 Å². The van der Waals surface area contributed by atoms with Crippen LogP contribution < -0.4 is 0 Å². The molecule has 0 spiro atoms. The van der Waals surface area contributed by atoms with Gasteiger partial charge in [0.25, 0.3) is 0 Å². The van der Waals surface area contributed by atoms with Crippen molar-refractivity contribution in [2.45, 2.75) is 92.9 Å². The fourth-order valence-corrected chi connectivity index (χ4v) is 6.43. The molecular formula is C36H49I. The normalized spacial score (nSPS) is 15.3. The number of alkyl halides is 1. The summed E-state index contributed by atoms with van der Waals surface area (Å²) in [6.07, 6.45) is 2.40. The summed E-state index contributed by atoms with van der Waals surface area (Å²) in [7, 11) is 0. The minimum absolute atomic E-state index is 0.227. The van der Waals surface area contributed by atoms with Gasteiger partial charge in [0, 0.05) is 10.3 Å². The first-order valence-corrected chi connectivity index (χ1v) is 15.5. The molecule has 3 unspecified atom stereocenters. The van der Waals surface area contributed by atoms with Crippen molar-refractivity contribution in [3.8, 4) is 0 Å². The average Bonchev–Trinajstić information content (AvgIpc) is 2.81. The molecule has 37 heavy (non-hydrogen) atoms. The highest BCUT2D eigenvalue weighted by Crippen LogP contribution is 2.44. The first-order chi connectivity index (χ1) is 17.2. The van der Waals surface area contributed by atoms with Gasteiger partial charge in [0.15, 0.2) is 0 Å². The van der Waals surface area contributed by atoms with Gasteiger partial charge < -0.3 is 0 Å². The van der Waals surface area contributed by atoms with Gasteiger partial charge in [-0.25, -0.2) is 0 Å². The third kappa shape index (κ3) is 8.19. The van der Waals surface area contributed by atoms with Crippen LogP contribution in [-0.4, -0.2) is 4.43 Å². The van der Waals surface area contributed by atoms with E-state index in [1.165, 1.54) is 45.1 Å². The van der Waals surface area contributed by atoms with E-state index in [4.69, 9.17) is 0 Å². The maximum Gasteiger partial charge on any atom is 0.0339 e. The summed E-state index contributed by atoms with van der Waals surface area (Å²) in [5.74, 6) is 1.34. The summed E-state index contributed by atoms with van der Waals surface area (Å²) in [5, 5.41) is 0. The molecule has 3 aromatic rings. The van der Waals surface area contributed by atoms with Crippen molar-refractivity contribution < 1.29 is 0 Å². The lowest BCUT2D eigenvalue weighted by Crippen LogP contribution is -2.23. The molecule has 0 N–H and O–H groups in total. The Labute approximate surface area is 241 Å². The number of benzene rings is 3. The predicted octanol–water partition coefficient (Wildman–Crippen LogP) is 11.4. The van der Waals surface area contributed by atoms with E-state index in [0.717, 1.165) is 0 Å². The fraction of sp³-hybridized carbons (Fsp3) is 0.500. The molecule has 0 heterocycles. The largest absolute Gasteiger partial charge is 0.0864 e. The topological polar surface area (TPSA) is 0 Å². The van der Waals surface area contributed by atoms with Gasteiger partial charge in [0.2, 0.25) is 0 Å². The average molecular weight is 609 g/mol. The Morgan fingerprint density at radius 2 is 0.892 bits per heavy atom. The van der Waals surface area contributed by atoms with Crippen molar-refractivity contribution in [3.05, 3.63) is 107 Å². The lowest BCUT2D eigenvalue weighted by molar-refractivity contribution is 0.229. The van der Waals surface area contributed by atoms with Crippen LogP contribution in [0.3, 0.4) is 0 Å². The second-order valence-electron chi connectivity index (χ2n) is 14.3. The second kappa shape index (κ2) is 12.1.